The zero-order valence-corrected chi connectivity index (χ0v) is 12.6. The van der Waals surface area contributed by atoms with Crippen LogP contribution in [-0.2, 0) is 4.79 Å². The van der Waals surface area contributed by atoms with Gasteiger partial charge in [-0.3, -0.25) is 9.59 Å². The number of nitrogens with one attached hydrogen (secondary N) is 1. The highest BCUT2D eigenvalue weighted by Crippen LogP contribution is 2.19. The third-order valence-corrected chi connectivity index (χ3v) is 4.29. The van der Waals surface area contributed by atoms with Gasteiger partial charge in [-0.15, -0.1) is 12.6 Å². The van der Waals surface area contributed by atoms with Crippen LogP contribution in [0.5, 0.6) is 5.75 Å². The summed E-state index contributed by atoms with van der Waals surface area (Å²) < 4.78 is 5.11. The van der Waals surface area contributed by atoms with E-state index in [2.05, 4.69) is 22.6 Å². The van der Waals surface area contributed by atoms with Crippen molar-refractivity contribution < 1.29 is 9.53 Å². The second kappa shape index (κ2) is 5.34. The summed E-state index contributed by atoms with van der Waals surface area (Å²) in [4.78, 5) is 30.3. The van der Waals surface area contributed by atoms with Crippen molar-refractivity contribution in [1.82, 2.24) is 4.98 Å². The number of methoxy groups -OCH3 is 1. The Kier molecular flexibility index (Phi) is 3.52. The maximum Gasteiger partial charge on any atom is 0.305 e. The van der Waals surface area contributed by atoms with E-state index in [1.807, 2.05) is 6.07 Å². The van der Waals surface area contributed by atoms with E-state index in [0.717, 1.165) is 16.6 Å². The fourth-order valence-corrected chi connectivity index (χ4v) is 3.01. The lowest BCUT2D eigenvalue weighted by Crippen LogP contribution is -2.30. The predicted molar refractivity (Wildman–Crippen MR) is 83.4 cm³/mol. The van der Waals surface area contributed by atoms with Gasteiger partial charge in [0.15, 0.2) is 0 Å². The highest BCUT2D eigenvalue weighted by molar-refractivity contribution is 7.80. The Hall–Kier alpha value is -2.12. The van der Waals surface area contributed by atoms with Crippen molar-refractivity contribution in [2.24, 2.45) is 4.99 Å². The van der Waals surface area contributed by atoms with E-state index >= 15 is 0 Å². The van der Waals surface area contributed by atoms with Crippen LogP contribution in [0.25, 0.3) is 12.2 Å². The van der Waals surface area contributed by atoms with Gasteiger partial charge in [0.25, 0.3) is 5.91 Å². The van der Waals surface area contributed by atoms with Crippen LogP contribution in [0, 0.1) is 0 Å². The molecule has 106 valence electrons. The summed E-state index contributed by atoms with van der Waals surface area (Å²) in [5.74, 6) is 0.289. The van der Waals surface area contributed by atoms with E-state index in [1.54, 1.807) is 31.4 Å². The number of fused-ring (bicyclic) bond motifs is 1. The molecule has 0 unspecified atom stereocenters. The van der Waals surface area contributed by atoms with E-state index < -0.39 is 0 Å². The van der Waals surface area contributed by atoms with Crippen molar-refractivity contribution in [3.05, 3.63) is 48.9 Å². The van der Waals surface area contributed by atoms with E-state index in [1.165, 1.54) is 0 Å². The van der Waals surface area contributed by atoms with E-state index in [0.29, 0.717) is 26.6 Å². The van der Waals surface area contributed by atoms with Gasteiger partial charge in [-0.25, -0.2) is 4.99 Å². The highest BCUT2D eigenvalue weighted by Gasteiger charge is 2.12. The molecule has 0 fully saturated rings. The van der Waals surface area contributed by atoms with Crippen LogP contribution < -0.4 is 20.2 Å². The number of carbonyl (C=O) groups excluding carboxylic acids is 1. The third-order valence-electron chi connectivity index (χ3n) is 2.96. The van der Waals surface area contributed by atoms with Gasteiger partial charge in [0.2, 0.25) is 0 Å². The van der Waals surface area contributed by atoms with Crippen LogP contribution in [0.4, 0.5) is 0 Å². The number of benzene rings is 1. The Morgan fingerprint density at radius 2 is 2.19 bits per heavy atom. The maximum absolute atomic E-state index is 12.1. The number of rotatable bonds is 2. The molecule has 0 saturated carbocycles. The van der Waals surface area contributed by atoms with Gasteiger partial charge >= 0.3 is 4.87 Å². The zero-order valence-electron chi connectivity index (χ0n) is 10.9. The van der Waals surface area contributed by atoms with Gasteiger partial charge in [0.1, 0.15) is 5.75 Å². The largest absolute Gasteiger partial charge is 0.497 e. The molecule has 1 aromatic heterocycles. The molecule has 0 atom stereocenters. The van der Waals surface area contributed by atoms with Gasteiger partial charge in [-0.2, -0.15) is 0 Å². The number of hydrogen-bond donors (Lipinski definition) is 2. The summed E-state index contributed by atoms with van der Waals surface area (Å²) in [6.45, 7) is 0. The maximum atomic E-state index is 12.1. The third kappa shape index (κ3) is 2.70. The summed E-state index contributed by atoms with van der Waals surface area (Å²) in [6, 6.07) is 5.34. The van der Waals surface area contributed by atoms with Gasteiger partial charge in [-0.05, 0) is 24.3 Å². The average Bonchev–Trinajstić information content (AvgIpc) is 2.77. The first kappa shape index (κ1) is 13.8. The van der Waals surface area contributed by atoms with E-state index in [-0.39, 0.29) is 10.8 Å². The van der Waals surface area contributed by atoms with Gasteiger partial charge in [0.05, 0.1) is 22.4 Å². The lowest BCUT2D eigenvalue weighted by atomic mass is 10.1. The molecule has 0 saturated heterocycles. The number of H-pyrrole nitrogens is 1. The number of aromatic nitrogens is 1. The molecule has 0 bridgehead atoms. The molecule has 5 nitrogen and oxygen atoms in total. The minimum atomic E-state index is -0.357. The molecular formula is C14H10N2O3S2. The van der Waals surface area contributed by atoms with Gasteiger partial charge < -0.3 is 9.72 Å². The zero-order chi connectivity index (χ0) is 15.0. The summed E-state index contributed by atoms with van der Waals surface area (Å²) in [7, 11) is 1.56. The van der Waals surface area contributed by atoms with Crippen molar-refractivity contribution in [3.8, 4) is 5.75 Å². The smallest absolute Gasteiger partial charge is 0.305 e. The monoisotopic (exact) mass is 318 g/mol. The number of amides is 1. The Morgan fingerprint density at radius 3 is 2.86 bits per heavy atom. The van der Waals surface area contributed by atoms with Crippen molar-refractivity contribution >= 4 is 42.0 Å². The number of carbonyl (C=O) groups is 1. The van der Waals surface area contributed by atoms with Crippen molar-refractivity contribution in [2.75, 3.05) is 7.11 Å². The quantitative estimate of drug-likeness (QED) is 0.634. The first-order valence-electron chi connectivity index (χ1n) is 5.99. The second-order valence-corrected chi connectivity index (χ2v) is 5.78. The lowest BCUT2D eigenvalue weighted by Gasteiger charge is -2.04. The topological polar surface area (TPSA) is 71.5 Å². The van der Waals surface area contributed by atoms with Crippen LogP contribution in [0.2, 0.25) is 0 Å². The molecule has 0 aliphatic carbocycles. The molecule has 1 N–H and O–H groups in total. The molecule has 1 aliphatic heterocycles. The number of thiazole rings is 1. The van der Waals surface area contributed by atoms with Gasteiger partial charge in [0, 0.05) is 16.9 Å². The Labute approximate surface area is 128 Å². The molecule has 1 aromatic carbocycles. The normalized spacial score (nSPS) is 15.3. The van der Waals surface area contributed by atoms with Crippen molar-refractivity contribution in [2.45, 2.75) is 5.03 Å². The Bertz CT molecular complexity index is 938. The molecule has 0 spiro atoms. The fourth-order valence-electron chi connectivity index (χ4n) is 1.95. The molecule has 1 amide bonds. The number of nitrogens with zero attached hydrogens (tertiary/aromatic N) is 1. The molecule has 3 rings (SSSR count). The molecular weight excluding hydrogens is 308 g/mol. The summed E-state index contributed by atoms with van der Waals surface area (Å²) >= 11 is 5.17. The molecule has 2 heterocycles. The van der Waals surface area contributed by atoms with Crippen LogP contribution in [0.1, 0.15) is 4.88 Å². The summed E-state index contributed by atoms with van der Waals surface area (Å²) in [5.41, 5.74) is 0.415. The highest BCUT2D eigenvalue weighted by atomic mass is 32.1. The number of hydrogen-bond acceptors (Lipinski definition) is 5. The summed E-state index contributed by atoms with van der Waals surface area (Å²) in [5, 5.41) is 1.84. The standard InChI is InChI=1S/C14H10N2O3S2/c1-19-9-3-2-7-4-8(12(17)15-10(7)6-9)5-11-13(20)16-14(18)21-11/h2-6,20H,1H3,(H,16,18)/b8-5+. The molecule has 21 heavy (non-hydrogen) atoms. The Morgan fingerprint density at radius 1 is 1.38 bits per heavy atom. The SMILES string of the molecule is COc1ccc2c(c1)=NC(=O)/C(=C/c1sc(=O)[nH]c1S)C=2. The van der Waals surface area contributed by atoms with E-state index in [4.69, 9.17) is 4.74 Å². The fraction of sp³-hybridized carbons (Fsp3) is 0.0714. The summed E-state index contributed by atoms with van der Waals surface area (Å²) in [6.07, 6.45) is 3.35. The minimum Gasteiger partial charge on any atom is -0.497 e. The molecule has 7 heteroatoms. The first-order chi connectivity index (χ1) is 10.1. The van der Waals surface area contributed by atoms with Crippen LogP contribution >= 0.6 is 24.0 Å². The minimum absolute atomic E-state index is 0.211. The average molecular weight is 318 g/mol. The van der Waals surface area contributed by atoms with Crippen molar-refractivity contribution in [3.63, 3.8) is 0 Å². The second-order valence-electron chi connectivity index (χ2n) is 4.31. The lowest BCUT2D eigenvalue weighted by molar-refractivity contribution is -0.114. The van der Waals surface area contributed by atoms with Crippen molar-refractivity contribution in [1.29, 1.82) is 0 Å². The number of ether oxygens (including phenoxy) is 1. The van der Waals surface area contributed by atoms with Gasteiger partial charge in [-0.1, -0.05) is 11.3 Å². The predicted octanol–water partition coefficient (Wildman–Crippen LogP) is 0.758. The molecule has 0 radical (unpaired) electrons. The van der Waals surface area contributed by atoms with Crippen LogP contribution in [0.15, 0.2) is 38.6 Å². The number of aromatic amines is 1. The molecule has 1 aliphatic rings. The van der Waals surface area contributed by atoms with Crippen LogP contribution in [0.3, 0.4) is 0 Å². The first-order valence-corrected chi connectivity index (χ1v) is 7.26. The van der Waals surface area contributed by atoms with Crippen LogP contribution in [-0.4, -0.2) is 18.0 Å². The molecule has 2 aromatic rings. The van der Waals surface area contributed by atoms with E-state index in [9.17, 15) is 9.59 Å². The number of thiol groups is 1. The Balaban J connectivity index is 2.14.